The second kappa shape index (κ2) is 12.3. The molecule has 3 aromatic rings. The number of para-hydroxylation sites is 1. The van der Waals surface area contributed by atoms with Crippen LogP contribution in [0.3, 0.4) is 0 Å². The maximum atomic E-state index is 11.3. The number of carboxylic acids is 1. The number of ether oxygens (including phenoxy) is 1. The van der Waals surface area contributed by atoms with E-state index in [-0.39, 0.29) is 5.57 Å². The van der Waals surface area contributed by atoms with Crippen LogP contribution < -0.4 is 9.64 Å². The minimum Gasteiger partial charge on any atom is -0.494 e. The molecule has 0 unspecified atom stereocenters. The number of aliphatic carboxylic acids is 1. The van der Waals surface area contributed by atoms with Crippen molar-refractivity contribution >= 4 is 40.9 Å². The molecule has 184 valence electrons. The first-order chi connectivity index (χ1) is 17.6. The van der Waals surface area contributed by atoms with Gasteiger partial charge in [-0.3, -0.25) is 0 Å². The topological polar surface area (TPSA) is 73.6 Å². The minimum absolute atomic E-state index is 0.287. The fourth-order valence-corrected chi connectivity index (χ4v) is 5.32. The van der Waals surface area contributed by atoms with Crippen LogP contribution >= 0.6 is 11.8 Å². The summed E-state index contributed by atoms with van der Waals surface area (Å²) in [5.74, 6) is -0.362. The van der Waals surface area contributed by atoms with E-state index in [1.807, 2.05) is 42.5 Å². The van der Waals surface area contributed by atoms with E-state index >= 15 is 0 Å². The number of rotatable bonds is 11. The van der Waals surface area contributed by atoms with Gasteiger partial charge in [-0.2, -0.15) is 5.26 Å². The maximum absolute atomic E-state index is 11.3. The van der Waals surface area contributed by atoms with Gasteiger partial charge < -0.3 is 14.7 Å². The van der Waals surface area contributed by atoms with E-state index in [2.05, 4.69) is 36.1 Å². The van der Waals surface area contributed by atoms with Crippen LogP contribution in [0.1, 0.15) is 51.0 Å². The van der Waals surface area contributed by atoms with E-state index in [1.54, 1.807) is 17.8 Å². The Morgan fingerprint density at radius 3 is 2.44 bits per heavy atom. The molecule has 5 nitrogen and oxygen atoms in total. The van der Waals surface area contributed by atoms with Gasteiger partial charge in [-0.05, 0) is 66.6 Å². The van der Waals surface area contributed by atoms with E-state index in [1.165, 1.54) is 38.2 Å². The molecule has 36 heavy (non-hydrogen) atoms. The van der Waals surface area contributed by atoms with Crippen LogP contribution in [0.5, 0.6) is 5.75 Å². The maximum Gasteiger partial charge on any atom is 0.346 e. The second-order valence-corrected chi connectivity index (χ2v) is 9.80. The zero-order valence-corrected chi connectivity index (χ0v) is 21.3. The summed E-state index contributed by atoms with van der Waals surface area (Å²) in [5, 5.41) is 18.3. The van der Waals surface area contributed by atoms with Gasteiger partial charge in [-0.25, -0.2) is 4.79 Å². The lowest BCUT2D eigenvalue weighted by atomic mass is 10.1. The minimum atomic E-state index is -1.23. The first-order valence-corrected chi connectivity index (χ1v) is 13.2. The molecule has 0 amide bonds. The van der Waals surface area contributed by atoms with Crippen LogP contribution in [-0.2, 0) is 4.79 Å². The first-order valence-electron chi connectivity index (χ1n) is 12.4. The Morgan fingerprint density at radius 2 is 1.69 bits per heavy atom. The van der Waals surface area contributed by atoms with Crippen LogP contribution in [0.4, 0.5) is 17.1 Å². The highest BCUT2D eigenvalue weighted by Gasteiger charge is 2.25. The molecule has 1 heterocycles. The van der Waals surface area contributed by atoms with E-state index in [9.17, 15) is 9.90 Å². The predicted molar refractivity (Wildman–Crippen MR) is 145 cm³/mol. The van der Waals surface area contributed by atoms with Crippen molar-refractivity contribution in [1.29, 1.82) is 5.26 Å². The van der Waals surface area contributed by atoms with Gasteiger partial charge in [0, 0.05) is 15.5 Å². The molecule has 0 bridgehead atoms. The second-order valence-electron chi connectivity index (χ2n) is 8.72. The normalized spacial score (nSPS) is 12.4. The summed E-state index contributed by atoms with van der Waals surface area (Å²) in [6.45, 7) is 2.96. The third-order valence-corrected chi connectivity index (χ3v) is 7.19. The number of hydrogen-bond acceptors (Lipinski definition) is 5. The zero-order chi connectivity index (χ0) is 25.3. The lowest BCUT2D eigenvalue weighted by molar-refractivity contribution is -0.132. The molecule has 3 aromatic carbocycles. The Bertz CT molecular complexity index is 1280. The van der Waals surface area contributed by atoms with Gasteiger partial charge >= 0.3 is 5.97 Å². The smallest absolute Gasteiger partial charge is 0.346 e. The highest BCUT2D eigenvalue weighted by molar-refractivity contribution is 7.99. The molecule has 0 spiro atoms. The summed E-state index contributed by atoms with van der Waals surface area (Å²) in [5.41, 5.74) is 3.50. The molecule has 0 aliphatic carbocycles. The number of fused-ring (bicyclic) bond motifs is 2. The molecule has 0 radical (unpaired) electrons. The van der Waals surface area contributed by atoms with Crippen molar-refractivity contribution in [2.24, 2.45) is 0 Å². The number of unbranched alkanes of at least 4 members (excludes halogenated alkanes) is 5. The number of nitriles is 1. The van der Waals surface area contributed by atoms with Crippen molar-refractivity contribution in [3.63, 3.8) is 0 Å². The highest BCUT2D eigenvalue weighted by Crippen LogP contribution is 2.51. The highest BCUT2D eigenvalue weighted by atomic mass is 32.2. The van der Waals surface area contributed by atoms with Crippen molar-refractivity contribution in [2.45, 2.75) is 55.2 Å². The monoisotopic (exact) mass is 498 g/mol. The molecule has 0 fully saturated rings. The molecular weight excluding hydrogens is 468 g/mol. The lowest BCUT2D eigenvalue weighted by Crippen LogP contribution is -2.14. The number of hydrogen-bond donors (Lipinski definition) is 1. The molecule has 0 saturated carbocycles. The van der Waals surface area contributed by atoms with Crippen molar-refractivity contribution in [3.8, 4) is 11.8 Å². The average molecular weight is 499 g/mol. The fourth-order valence-electron chi connectivity index (χ4n) is 4.21. The van der Waals surface area contributed by atoms with Gasteiger partial charge in [0.25, 0.3) is 0 Å². The summed E-state index contributed by atoms with van der Waals surface area (Å²) >= 11 is 1.64. The van der Waals surface area contributed by atoms with Crippen LogP contribution in [0.2, 0.25) is 0 Å². The average Bonchev–Trinajstić information content (AvgIpc) is 2.90. The lowest BCUT2D eigenvalue weighted by Gasteiger charge is -2.33. The number of carbonyl (C=O) groups is 1. The molecular formula is C30H30N2O3S. The number of nitrogens with zero attached hydrogens (tertiary/aromatic N) is 2. The van der Waals surface area contributed by atoms with E-state index < -0.39 is 5.97 Å². The summed E-state index contributed by atoms with van der Waals surface area (Å²) in [6.07, 6.45) is 8.83. The van der Waals surface area contributed by atoms with Crippen LogP contribution in [-0.4, -0.2) is 17.7 Å². The van der Waals surface area contributed by atoms with Gasteiger partial charge in [0.1, 0.15) is 17.4 Å². The third kappa shape index (κ3) is 6.10. The first kappa shape index (κ1) is 25.4. The Hall–Kier alpha value is -3.69. The molecule has 0 saturated heterocycles. The number of carboxylic acid groups (broad SMARTS) is 1. The zero-order valence-electron chi connectivity index (χ0n) is 20.4. The van der Waals surface area contributed by atoms with Gasteiger partial charge in [-0.15, -0.1) is 0 Å². The Kier molecular flexibility index (Phi) is 8.70. The van der Waals surface area contributed by atoms with Crippen molar-refractivity contribution in [2.75, 3.05) is 11.5 Å². The summed E-state index contributed by atoms with van der Waals surface area (Å²) < 4.78 is 5.97. The Labute approximate surface area is 217 Å². The SMILES string of the molecule is CCCCCCCCOc1ccc(N2c3ccccc3Sc3cc(/C=C(/C#N)C(=O)O)ccc32)cc1. The van der Waals surface area contributed by atoms with E-state index in [0.29, 0.717) is 5.56 Å². The van der Waals surface area contributed by atoms with Gasteiger partial charge in [0.15, 0.2) is 0 Å². The van der Waals surface area contributed by atoms with E-state index in [0.717, 1.165) is 45.6 Å². The largest absolute Gasteiger partial charge is 0.494 e. The van der Waals surface area contributed by atoms with Gasteiger partial charge in [0.05, 0.1) is 18.0 Å². The standard InChI is InChI=1S/C30H30N2O3S/c1-2-3-4-5-6-9-18-35-25-15-13-24(14-16-25)32-26-10-7-8-11-28(26)36-29-20-22(12-17-27(29)32)19-23(21-31)30(33)34/h7-8,10-17,19-20H,2-6,9,18H2,1H3,(H,33,34)/b23-19-. The summed E-state index contributed by atoms with van der Waals surface area (Å²) in [7, 11) is 0. The molecule has 1 aliphatic heterocycles. The number of benzene rings is 3. The number of anilines is 3. The van der Waals surface area contributed by atoms with Crippen molar-refractivity contribution in [1.82, 2.24) is 0 Å². The van der Waals surface area contributed by atoms with Gasteiger partial charge in [-0.1, -0.05) is 69.0 Å². The van der Waals surface area contributed by atoms with Gasteiger partial charge in [0.2, 0.25) is 0 Å². The molecule has 0 aromatic heterocycles. The summed E-state index contributed by atoms with van der Waals surface area (Å²) in [6, 6.07) is 23.9. The predicted octanol–water partition coefficient (Wildman–Crippen LogP) is 8.35. The van der Waals surface area contributed by atoms with Crippen LogP contribution in [0.25, 0.3) is 6.08 Å². The van der Waals surface area contributed by atoms with E-state index in [4.69, 9.17) is 10.00 Å². The van der Waals surface area contributed by atoms with Crippen molar-refractivity contribution < 1.29 is 14.6 Å². The molecule has 1 aliphatic rings. The molecule has 6 heteroatoms. The third-order valence-electron chi connectivity index (χ3n) is 6.07. The fraction of sp³-hybridized carbons (Fsp3) is 0.267. The summed E-state index contributed by atoms with van der Waals surface area (Å²) in [4.78, 5) is 15.6. The van der Waals surface area contributed by atoms with Crippen LogP contribution in [0.15, 0.2) is 82.1 Å². The molecule has 1 N–H and O–H groups in total. The van der Waals surface area contributed by atoms with Crippen LogP contribution in [0, 0.1) is 11.3 Å². The quantitative estimate of drug-likeness (QED) is 0.127. The molecule has 4 rings (SSSR count). The molecule has 0 atom stereocenters. The Morgan fingerprint density at radius 1 is 0.972 bits per heavy atom. The Balaban J connectivity index is 1.54. The van der Waals surface area contributed by atoms with Crippen molar-refractivity contribution in [3.05, 3.63) is 77.9 Å².